The molecule has 1 unspecified atom stereocenters. The summed E-state index contributed by atoms with van der Waals surface area (Å²) in [6.45, 7) is 4.83. The van der Waals surface area contributed by atoms with Gasteiger partial charge in [-0.3, -0.25) is 4.48 Å². The van der Waals surface area contributed by atoms with E-state index >= 15 is 0 Å². The molecule has 1 aromatic rings. The van der Waals surface area contributed by atoms with Gasteiger partial charge in [-0.05, 0) is 19.1 Å². The van der Waals surface area contributed by atoms with E-state index in [4.69, 9.17) is 0 Å². The second kappa shape index (κ2) is 4.36. The lowest BCUT2D eigenvalue weighted by atomic mass is 10.1. The molecule has 3 heteroatoms. The van der Waals surface area contributed by atoms with E-state index in [2.05, 4.69) is 12.2 Å². The molecule has 1 fully saturated rings. The number of nitrogens with one attached hydrogen (secondary N) is 1. The van der Waals surface area contributed by atoms with Crippen LogP contribution in [0.3, 0.4) is 0 Å². The molecule has 2 atom stereocenters. The highest BCUT2D eigenvalue weighted by Gasteiger charge is 2.39. The van der Waals surface area contributed by atoms with Crippen molar-refractivity contribution in [3.8, 4) is 0 Å². The van der Waals surface area contributed by atoms with Crippen molar-refractivity contribution in [2.75, 3.05) is 26.7 Å². The molecule has 0 aromatic heterocycles. The van der Waals surface area contributed by atoms with E-state index in [1.54, 1.807) is 0 Å². The van der Waals surface area contributed by atoms with E-state index in [0.717, 1.165) is 25.2 Å². The van der Waals surface area contributed by atoms with Gasteiger partial charge in [0.15, 0.2) is 0 Å². The molecule has 1 aliphatic rings. The zero-order valence-corrected chi connectivity index (χ0v) is 9.94. The second-order valence-electron chi connectivity index (χ2n) is 4.72. The van der Waals surface area contributed by atoms with Crippen LogP contribution in [-0.4, -0.2) is 43.1 Å². The highest BCUT2D eigenvalue weighted by molar-refractivity contribution is 5.88. The number of hydrogen-bond acceptors (Lipinski definition) is 2. The number of carbonyl (C=O) groups excluding carboxylic acids is 1. The van der Waals surface area contributed by atoms with E-state index < -0.39 is 0 Å². The van der Waals surface area contributed by atoms with Gasteiger partial charge in [0, 0.05) is 13.1 Å². The molecular weight excluding hydrogens is 200 g/mol. The number of rotatable bonds is 1. The van der Waals surface area contributed by atoms with Gasteiger partial charge in [0.2, 0.25) is 0 Å². The van der Waals surface area contributed by atoms with Crippen LogP contribution < -0.4 is 5.32 Å². The number of benzene rings is 1. The molecule has 1 heterocycles. The van der Waals surface area contributed by atoms with Crippen molar-refractivity contribution in [2.45, 2.75) is 13.0 Å². The smallest absolute Gasteiger partial charge is 0.306 e. The van der Waals surface area contributed by atoms with Crippen LogP contribution in [0.4, 0.5) is 0 Å². The lowest BCUT2D eigenvalue weighted by Crippen LogP contribution is -2.64. The maximum absolute atomic E-state index is 12.5. The average Bonchev–Trinajstić information content (AvgIpc) is 2.33. The number of hydrogen-bond donors (Lipinski definition) is 1. The van der Waals surface area contributed by atoms with E-state index in [1.807, 2.05) is 37.4 Å². The van der Waals surface area contributed by atoms with Crippen LogP contribution in [0.25, 0.3) is 0 Å². The summed E-state index contributed by atoms with van der Waals surface area (Å²) in [7, 11) is 2.04. The number of likely N-dealkylation sites (N-methyl/N-ethyl adjacent to an activating group) is 1. The third-order valence-electron chi connectivity index (χ3n) is 3.65. The van der Waals surface area contributed by atoms with Gasteiger partial charge in [0.05, 0.1) is 19.2 Å². The first-order valence-corrected chi connectivity index (χ1v) is 5.80. The molecule has 0 bridgehead atoms. The summed E-state index contributed by atoms with van der Waals surface area (Å²) in [5, 5.41) is 3.33. The number of piperazine rings is 1. The van der Waals surface area contributed by atoms with Crippen molar-refractivity contribution in [3.63, 3.8) is 0 Å². The topological polar surface area (TPSA) is 29.1 Å². The van der Waals surface area contributed by atoms with E-state index in [-0.39, 0.29) is 5.91 Å². The van der Waals surface area contributed by atoms with Gasteiger partial charge < -0.3 is 5.32 Å². The van der Waals surface area contributed by atoms with Crippen molar-refractivity contribution in [3.05, 3.63) is 35.9 Å². The number of nitrogens with zero attached hydrogens (tertiary/aromatic N) is 1. The van der Waals surface area contributed by atoms with Crippen LogP contribution in [0.5, 0.6) is 0 Å². The van der Waals surface area contributed by atoms with Crippen molar-refractivity contribution in [1.82, 2.24) is 5.32 Å². The van der Waals surface area contributed by atoms with E-state index in [0.29, 0.717) is 10.5 Å². The SMILES string of the molecule is C[C@@H]1CNCC[N+]1(C)C(=O)c1ccccc1. The van der Waals surface area contributed by atoms with Gasteiger partial charge in [-0.15, -0.1) is 0 Å². The first kappa shape index (κ1) is 11.3. The van der Waals surface area contributed by atoms with Crippen molar-refractivity contribution in [1.29, 1.82) is 0 Å². The number of carbonyl (C=O) groups is 1. The summed E-state index contributed by atoms with van der Waals surface area (Å²) in [6, 6.07) is 9.93. The zero-order chi connectivity index (χ0) is 11.6. The number of quaternary nitrogens is 1. The Bertz CT molecular complexity index is 377. The standard InChI is InChI=1S/C13H19N2O/c1-11-10-14-8-9-15(11,2)13(16)12-6-4-3-5-7-12/h3-7,11,14H,8-10H2,1-2H3/q+1/t11-,15?/m1/s1. The first-order chi connectivity index (χ1) is 7.64. The Labute approximate surface area is 96.7 Å². The zero-order valence-electron chi connectivity index (χ0n) is 9.94. The average molecular weight is 219 g/mol. The molecule has 0 saturated carbocycles. The van der Waals surface area contributed by atoms with Crippen molar-refractivity contribution >= 4 is 5.91 Å². The van der Waals surface area contributed by atoms with Crippen LogP contribution in [-0.2, 0) is 0 Å². The molecule has 1 amide bonds. The molecule has 0 spiro atoms. The third kappa shape index (κ3) is 1.88. The highest BCUT2D eigenvalue weighted by Crippen LogP contribution is 2.18. The number of amides is 1. The first-order valence-electron chi connectivity index (χ1n) is 5.80. The predicted octanol–water partition coefficient (Wildman–Crippen LogP) is 1.27. The van der Waals surface area contributed by atoms with Crippen molar-refractivity contribution in [2.24, 2.45) is 0 Å². The largest absolute Gasteiger partial charge is 0.345 e. The minimum absolute atomic E-state index is 0.231. The lowest BCUT2D eigenvalue weighted by molar-refractivity contribution is -0.855. The van der Waals surface area contributed by atoms with Crippen LogP contribution in [0.2, 0.25) is 0 Å². The van der Waals surface area contributed by atoms with E-state index in [9.17, 15) is 4.79 Å². The fourth-order valence-electron chi connectivity index (χ4n) is 2.22. The maximum Gasteiger partial charge on any atom is 0.345 e. The Morgan fingerprint density at radius 3 is 2.69 bits per heavy atom. The fourth-order valence-corrected chi connectivity index (χ4v) is 2.22. The normalized spacial score (nSPS) is 30.0. The van der Waals surface area contributed by atoms with Gasteiger partial charge in [-0.25, -0.2) is 4.79 Å². The molecule has 0 radical (unpaired) electrons. The Morgan fingerprint density at radius 1 is 1.38 bits per heavy atom. The minimum Gasteiger partial charge on any atom is -0.306 e. The van der Waals surface area contributed by atoms with Crippen LogP contribution in [0, 0.1) is 0 Å². The summed E-state index contributed by atoms with van der Waals surface area (Å²) in [4.78, 5) is 12.5. The summed E-state index contributed by atoms with van der Waals surface area (Å²) < 4.78 is 0.511. The summed E-state index contributed by atoms with van der Waals surface area (Å²) in [5.74, 6) is 0.231. The van der Waals surface area contributed by atoms with Crippen LogP contribution >= 0.6 is 0 Å². The summed E-state index contributed by atoms with van der Waals surface area (Å²) >= 11 is 0. The molecule has 2 rings (SSSR count). The molecule has 0 aliphatic carbocycles. The molecular formula is C13H19N2O+. The van der Waals surface area contributed by atoms with Gasteiger partial charge in [-0.1, -0.05) is 18.2 Å². The predicted molar refractivity (Wildman–Crippen MR) is 64.2 cm³/mol. The second-order valence-corrected chi connectivity index (χ2v) is 4.72. The molecule has 1 saturated heterocycles. The summed E-state index contributed by atoms with van der Waals surface area (Å²) in [6.07, 6.45) is 0. The van der Waals surface area contributed by atoms with Gasteiger partial charge in [-0.2, -0.15) is 0 Å². The monoisotopic (exact) mass is 219 g/mol. The lowest BCUT2D eigenvalue weighted by Gasteiger charge is -2.40. The fraction of sp³-hybridized carbons (Fsp3) is 0.462. The van der Waals surface area contributed by atoms with Gasteiger partial charge in [0.25, 0.3) is 0 Å². The molecule has 1 aliphatic heterocycles. The third-order valence-corrected chi connectivity index (χ3v) is 3.65. The molecule has 3 nitrogen and oxygen atoms in total. The minimum atomic E-state index is 0.231. The van der Waals surface area contributed by atoms with Gasteiger partial charge >= 0.3 is 5.91 Å². The van der Waals surface area contributed by atoms with Crippen LogP contribution in [0.1, 0.15) is 17.3 Å². The Hall–Kier alpha value is -1.19. The molecule has 16 heavy (non-hydrogen) atoms. The molecule has 1 aromatic carbocycles. The van der Waals surface area contributed by atoms with Crippen LogP contribution in [0.15, 0.2) is 30.3 Å². The van der Waals surface area contributed by atoms with Crippen molar-refractivity contribution < 1.29 is 9.28 Å². The molecule has 1 N–H and O–H groups in total. The Balaban J connectivity index is 2.26. The summed E-state index contributed by atoms with van der Waals surface area (Å²) in [5.41, 5.74) is 0.818. The maximum atomic E-state index is 12.5. The quantitative estimate of drug-likeness (QED) is 0.721. The van der Waals surface area contributed by atoms with Gasteiger partial charge in [0.1, 0.15) is 6.04 Å². The van der Waals surface area contributed by atoms with E-state index in [1.165, 1.54) is 0 Å². The Kier molecular flexibility index (Phi) is 3.08. The molecule has 86 valence electrons. The Morgan fingerprint density at radius 2 is 2.06 bits per heavy atom. The highest BCUT2D eigenvalue weighted by atomic mass is 16.2.